The summed E-state index contributed by atoms with van der Waals surface area (Å²) in [6, 6.07) is 12.6. The lowest BCUT2D eigenvalue weighted by Crippen LogP contribution is -2.49. The van der Waals surface area contributed by atoms with Crippen molar-refractivity contribution < 1.29 is 24.2 Å². The molecule has 2 aromatic rings. The third kappa shape index (κ3) is 6.17. The van der Waals surface area contributed by atoms with Crippen LogP contribution in [0.3, 0.4) is 0 Å². The Morgan fingerprint density at radius 1 is 0.978 bits per heavy atom. The van der Waals surface area contributed by atoms with Crippen molar-refractivity contribution in [2.75, 3.05) is 6.61 Å². The molecule has 7 atom stereocenters. The van der Waals surface area contributed by atoms with Crippen LogP contribution in [-0.2, 0) is 25.7 Å². The average molecular weight is 625 g/mol. The normalized spacial score (nSPS) is 30.5. The van der Waals surface area contributed by atoms with Gasteiger partial charge in [-0.05, 0) is 109 Å². The predicted octanol–water partition coefficient (Wildman–Crippen LogP) is 7.48. The van der Waals surface area contributed by atoms with E-state index in [1.165, 1.54) is 35.8 Å². The predicted molar refractivity (Wildman–Crippen MR) is 177 cm³/mol. The molecule has 0 bridgehead atoms. The minimum atomic E-state index is -1.07. The number of pyridine rings is 1. The van der Waals surface area contributed by atoms with Crippen molar-refractivity contribution in [3.8, 4) is 0 Å². The molecule has 1 aromatic heterocycles. The molecule has 4 aliphatic rings. The first-order valence-electron chi connectivity index (χ1n) is 17.1. The van der Waals surface area contributed by atoms with Gasteiger partial charge in [-0.2, -0.15) is 0 Å². The molecule has 4 aliphatic carbocycles. The van der Waals surface area contributed by atoms with Crippen LogP contribution in [0.25, 0.3) is 5.57 Å². The Morgan fingerprint density at radius 3 is 2.50 bits per heavy atom. The lowest BCUT2D eigenvalue weighted by molar-refractivity contribution is -0.152. The molecule has 1 aromatic carbocycles. The number of nitrogens with zero attached hydrogens (tertiary/aromatic N) is 2. The van der Waals surface area contributed by atoms with Gasteiger partial charge < -0.3 is 14.7 Å². The SMILES string of the molecule is CC(C(=O)O)N(Cc1ccccc1)C(=O)CCC(=O)OC[C@H]1CC[C@@]2(C)C(=CC[C@H]3C4CC=C(c5cccnc5)[C@@]4(C)CC[C@@H]32)C1. The fraction of sp³-hybridized carbons (Fsp3) is 0.538. The van der Waals surface area contributed by atoms with Gasteiger partial charge in [-0.15, -0.1) is 0 Å². The lowest BCUT2D eigenvalue weighted by Gasteiger charge is -2.58. The molecule has 2 saturated carbocycles. The van der Waals surface area contributed by atoms with E-state index in [1.54, 1.807) is 5.57 Å². The molecule has 1 N–H and O–H groups in total. The Hall–Kier alpha value is -3.74. The molecule has 0 aliphatic heterocycles. The number of esters is 1. The van der Waals surface area contributed by atoms with E-state index in [9.17, 15) is 19.5 Å². The maximum Gasteiger partial charge on any atom is 0.326 e. The second-order valence-electron chi connectivity index (χ2n) is 14.6. The summed E-state index contributed by atoms with van der Waals surface area (Å²) in [6.07, 6.45) is 16.7. The summed E-state index contributed by atoms with van der Waals surface area (Å²) in [6.45, 7) is 7.04. The summed E-state index contributed by atoms with van der Waals surface area (Å²) in [4.78, 5) is 43.2. The zero-order valence-electron chi connectivity index (χ0n) is 27.5. The van der Waals surface area contributed by atoms with Crippen molar-refractivity contribution in [2.45, 2.75) is 91.1 Å². The number of aliphatic carboxylic acids is 1. The average Bonchev–Trinajstić information content (AvgIpc) is 3.42. The molecule has 2 unspecified atom stereocenters. The van der Waals surface area contributed by atoms with Crippen LogP contribution in [0, 0.1) is 34.5 Å². The van der Waals surface area contributed by atoms with E-state index in [0.29, 0.717) is 24.4 Å². The highest BCUT2D eigenvalue weighted by molar-refractivity contribution is 5.85. The number of carbonyl (C=O) groups is 3. The van der Waals surface area contributed by atoms with Gasteiger partial charge >= 0.3 is 11.9 Å². The number of hydrogen-bond donors (Lipinski definition) is 1. The number of amides is 1. The maximum absolute atomic E-state index is 13.0. The Labute approximate surface area is 273 Å². The molecular weight excluding hydrogens is 576 g/mol. The van der Waals surface area contributed by atoms with E-state index in [1.807, 2.05) is 48.8 Å². The first kappa shape index (κ1) is 32.2. The summed E-state index contributed by atoms with van der Waals surface area (Å²) in [5.41, 5.74) is 5.59. The van der Waals surface area contributed by atoms with Crippen LogP contribution in [0.5, 0.6) is 0 Å². The molecule has 46 heavy (non-hydrogen) atoms. The molecule has 1 heterocycles. The minimum absolute atomic E-state index is 0.0530. The maximum atomic E-state index is 13.0. The van der Waals surface area contributed by atoms with Crippen molar-refractivity contribution in [1.82, 2.24) is 9.88 Å². The highest BCUT2D eigenvalue weighted by Crippen LogP contribution is 2.66. The molecule has 1 amide bonds. The second kappa shape index (κ2) is 13.2. The Morgan fingerprint density at radius 2 is 1.76 bits per heavy atom. The number of hydrogen-bond acceptors (Lipinski definition) is 5. The van der Waals surface area contributed by atoms with E-state index < -0.39 is 18.0 Å². The summed E-state index contributed by atoms with van der Waals surface area (Å²) in [5, 5.41) is 9.56. The van der Waals surface area contributed by atoms with Crippen LogP contribution in [0.4, 0.5) is 0 Å². The van der Waals surface area contributed by atoms with Crippen LogP contribution in [-0.4, -0.2) is 45.5 Å². The standard InChI is InChI=1S/C39H48N2O5/c1-26(37(44)45)41(24-27-8-5-4-6-9-27)35(42)15-16-36(43)46-25-28-17-19-38(2)30(22-28)11-12-31-33-14-13-32(29-10-7-21-40-23-29)39(33,3)20-18-34(31)38/h4-11,13,21,23,26,28,31,33-34H,12,14-20,22,24-25H2,1-3H3,(H,44,45)/t26?,28-,31-,33?,34-,38-,39+/m0/s1. The van der Waals surface area contributed by atoms with Crippen molar-refractivity contribution in [2.24, 2.45) is 34.5 Å². The fourth-order valence-corrected chi connectivity index (χ4v) is 9.41. The first-order valence-corrected chi connectivity index (χ1v) is 17.1. The van der Waals surface area contributed by atoms with Crippen LogP contribution in [0.1, 0.15) is 89.7 Å². The van der Waals surface area contributed by atoms with Gasteiger partial charge in [0.15, 0.2) is 0 Å². The molecular formula is C39H48N2O5. The number of benzene rings is 1. The summed E-state index contributed by atoms with van der Waals surface area (Å²) in [7, 11) is 0. The Kier molecular flexibility index (Phi) is 9.22. The van der Waals surface area contributed by atoms with E-state index in [2.05, 4.69) is 37.0 Å². The summed E-state index contributed by atoms with van der Waals surface area (Å²) < 4.78 is 5.72. The summed E-state index contributed by atoms with van der Waals surface area (Å²) in [5.74, 6) is 0.502. The van der Waals surface area contributed by atoms with E-state index in [0.717, 1.165) is 37.7 Å². The summed E-state index contributed by atoms with van der Waals surface area (Å²) >= 11 is 0. The highest BCUT2D eigenvalue weighted by Gasteiger charge is 2.56. The van der Waals surface area contributed by atoms with Gasteiger partial charge in [0, 0.05) is 25.4 Å². The topological polar surface area (TPSA) is 96.8 Å². The fourth-order valence-electron chi connectivity index (χ4n) is 9.41. The number of rotatable bonds is 10. The molecule has 0 spiro atoms. The van der Waals surface area contributed by atoms with Crippen molar-refractivity contribution in [3.63, 3.8) is 0 Å². The monoisotopic (exact) mass is 624 g/mol. The van der Waals surface area contributed by atoms with Gasteiger partial charge in [0.05, 0.1) is 13.0 Å². The zero-order valence-corrected chi connectivity index (χ0v) is 27.5. The number of carboxylic acids is 1. The van der Waals surface area contributed by atoms with Gasteiger partial charge in [-0.1, -0.05) is 68.0 Å². The van der Waals surface area contributed by atoms with Crippen LogP contribution >= 0.6 is 0 Å². The third-order valence-electron chi connectivity index (χ3n) is 12.1. The third-order valence-corrected chi connectivity index (χ3v) is 12.1. The minimum Gasteiger partial charge on any atom is -0.480 e. The first-order chi connectivity index (χ1) is 22.1. The van der Waals surface area contributed by atoms with Crippen molar-refractivity contribution in [1.29, 1.82) is 0 Å². The van der Waals surface area contributed by atoms with E-state index in [4.69, 9.17) is 4.74 Å². The molecule has 0 saturated heterocycles. The highest BCUT2D eigenvalue weighted by atomic mass is 16.5. The largest absolute Gasteiger partial charge is 0.480 e. The molecule has 0 radical (unpaired) electrons. The number of carbonyl (C=O) groups excluding carboxylic acids is 2. The molecule has 7 heteroatoms. The lowest BCUT2D eigenvalue weighted by atomic mass is 9.47. The number of aromatic nitrogens is 1. The Bertz CT molecular complexity index is 1500. The van der Waals surface area contributed by atoms with Crippen LogP contribution in [0.2, 0.25) is 0 Å². The molecule has 2 fully saturated rings. The van der Waals surface area contributed by atoms with Gasteiger partial charge in [-0.25, -0.2) is 4.79 Å². The smallest absolute Gasteiger partial charge is 0.326 e. The molecule has 6 rings (SSSR count). The van der Waals surface area contributed by atoms with Crippen molar-refractivity contribution in [3.05, 3.63) is 83.7 Å². The van der Waals surface area contributed by atoms with Crippen LogP contribution < -0.4 is 0 Å². The number of ether oxygens (including phenoxy) is 1. The van der Waals surface area contributed by atoms with E-state index in [-0.39, 0.29) is 42.0 Å². The van der Waals surface area contributed by atoms with Crippen LogP contribution in [0.15, 0.2) is 72.6 Å². The number of carboxylic acid groups (broad SMARTS) is 1. The Balaban J connectivity index is 1.02. The zero-order chi connectivity index (χ0) is 32.5. The van der Waals surface area contributed by atoms with Gasteiger partial charge in [0.2, 0.25) is 5.91 Å². The van der Waals surface area contributed by atoms with Gasteiger partial charge in [0.25, 0.3) is 0 Å². The second-order valence-corrected chi connectivity index (χ2v) is 14.6. The quantitative estimate of drug-likeness (QED) is 0.218. The van der Waals surface area contributed by atoms with Crippen molar-refractivity contribution >= 4 is 23.4 Å². The van der Waals surface area contributed by atoms with E-state index >= 15 is 0 Å². The molecule has 7 nitrogen and oxygen atoms in total. The number of fused-ring (bicyclic) bond motifs is 5. The van der Waals surface area contributed by atoms with Gasteiger partial charge in [-0.3, -0.25) is 14.6 Å². The van der Waals surface area contributed by atoms with Gasteiger partial charge in [0.1, 0.15) is 6.04 Å². The molecule has 244 valence electrons. The number of allylic oxidation sites excluding steroid dienone is 4.